The van der Waals surface area contributed by atoms with Gasteiger partial charge in [-0.3, -0.25) is 0 Å². The van der Waals surface area contributed by atoms with Gasteiger partial charge in [-0.2, -0.15) is 0 Å². The maximum atomic E-state index is 5.27. The molecule has 0 radical (unpaired) electrons. The summed E-state index contributed by atoms with van der Waals surface area (Å²) in [5, 5.41) is 8.43. The molecule has 1 aromatic heterocycles. The molecule has 1 heterocycles. The second-order valence-electron chi connectivity index (χ2n) is 1.15. The summed E-state index contributed by atoms with van der Waals surface area (Å²) in [5.41, 5.74) is 5.27. The van der Waals surface area contributed by atoms with Crippen molar-refractivity contribution in [1.29, 1.82) is 0 Å². The molecule has 3 nitrogen and oxygen atoms in total. The van der Waals surface area contributed by atoms with Crippen LogP contribution in [0.3, 0.4) is 0 Å². The molecule has 1 aromatic rings. The van der Waals surface area contributed by atoms with Crippen LogP contribution in [-0.4, -0.2) is 10.2 Å². The molecule has 0 saturated carbocycles. The van der Waals surface area contributed by atoms with Gasteiger partial charge in [0, 0.05) is 6.54 Å². The molecule has 8 heavy (non-hydrogen) atoms. The normalized spacial score (nSPS) is 9.75. The first-order valence-electron chi connectivity index (χ1n) is 2.01. The van der Waals surface area contributed by atoms with Crippen LogP contribution in [-0.2, 0) is 6.54 Å². The van der Waals surface area contributed by atoms with Crippen molar-refractivity contribution in [3.63, 3.8) is 0 Å². The number of nitrogens with two attached hydrogens (primary N) is 1. The van der Waals surface area contributed by atoms with Gasteiger partial charge in [-0.1, -0.05) is 11.3 Å². The van der Waals surface area contributed by atoms with Crippen LogP contribution in [0.2, 0.25) is 0 Å². The minimum absolute atomic E-state index is 0.501. The fourth-order valence-corrected chi connectivity index (χ4v) is 1.63. The zero-order chi connectivity index (χ0) is 5.98. The molecular weight excluding hydrogens is 237 g/mol. The van der Waals surface area contributed by atoms with Crippen molar-refractivity contribution >= 4 is 33.9 Å². The van der Waals surface area contributed by atoms with Gasteiger partial charge in [0.05, 0.1) is 0 Å². The lowest BCUT2D eigenvalue weighted by Crippen LogP contribution is -1.94. The van der Waals surface area contributed by atoms with Crippen LogP contribution in [0.4, 0.5) is 0 Å². The molecule has 0 fully saturated rings. The Kier molecular flexibility index (Phi) is 2.15. The average Bonchev–Trinajstić information content (AvgIpc) is 2.14. The third-order valence-corrected chi connectivity index (χ3v) is 2.23. The monoisotopic (exact) mass is 241 g/mol. The summed E-state index contributed by atoms with van der Waals surface area (Å²) in [4.78, 5) is 0. The van der Waals surface area contributed by atoms with Crippen LogP contribution in [0.1, 0.15) is 5.01 Å². The van der Waals surface area contributed by atoms with Crippen molar-refractivity contribution in [2.75, 3.05) is 0 Å². The summed E-state index contributed by atoms with van der Waals surface area (Å²) in [6, 6.07) is 0. The van der Waals surface area contributed by atoms with Crippen molar-refractivity contribution in [3.05, 3.63) is 8.02 Å². The smallest absolute Gasteiger partial charge is 0.178 e. The first kappa shape index (κ1) is 6.37. The van der Waals surface area contributed by atoms with E-state index in [-0.39, 0.29) is 0 Å². The number of aromatic nitrogens is 2. The molecule has 0 saturated heterocycles. The molecule has 0 aromatic carbocycles. The van der Waals surface area contributed by atoms with Crippen LogP contribution >= 0.6 is 33.9 Å². The predicted molar refractivity (Wildman–Crippen MR) is 40.5 cm³/mol. The number of nitrogens with zero attached hydrogens (tertiary/aromatic N) is 2. The van der Waals surface area contributed by atoms with E-state index in [2.05, 4.69) is 32.8 Å². The second kappa shape index (κ2) is 2.70. The summed E-state index contributed by atoms with van der Waals surface area (Å²) in [7, 11) is 0. The number of halogens is 1. The minimum Gasteiger partial charge on any atom is -0.324 e. The van der Waals surface area contributed by atoms with Gasteiger partial charge in [-0.05, 0) is 22.6 Å². The Hall–Kier alpha value is 0.250. The average molecular weight is 241 g/mol. The van der Waals surface area contributed by atoms with E-state index < -0.39 is 0 Å². The first-order chi connectivity index (χ1) is 3.83. The quantitative estimate of drug-likeness (QED) is 0.732. The summed E-state index contributed by atoms with van der Waals surface area (Å²) in [5.74, 6) is 0. The number of hydrogen-bond acceptors (Lipinski definition) is 4. The lowest BCUT2D eigenvalue weighted by molar-refractivity contribution is 0.950. The van der Waals surface area contributed by atoms with E-state index in [0.717, 1.165) is 8.02 Å². The van der Waals surface area contributed by atoms with Crippen molar-refractivity contribution < 1.29 is 0 Å². The molecule has 0 unspecified atom stereocenters. The van der Waals surface area contributed by atoms with Gasteiger partial charge in [0.2, 0.25) is 0 Å². The lowest BCUT2D eigenvalue weighted by Gasteiger charge is -1.76. The third kappa shape index (κ3) is 1.36. The van der Waals surface area contributed by atoms with Gasteiger partial charge in [0.25, 0.3) is 0 Å². The SMILES string of the molecule is NCc1nnc(I)s1. The molecule has 0 atom stereocenters. The highest BCUT2D eigenvalue weighted by atomic mass is 127. The van der Waals surface area contributed by atoms with Crippen molar-refractivity contribution in [3.8, 4) is 0 Å². The Labute approximate surface area is 64.4 Å². The summed E-state index contributed by atoms with van der Waals surface area (Å²) in [6.07, 6.45) is 0. The Bertz CT molecular complexity index is 175. The highest BCUT2D eigenvalue weighted by Gasteiger charge is 1.95. The molecule has 0 aliphatic carbocycles. The standard InChI is InChI=1S/C3H4IN3S/c4-3-7-6-2(1-5)8-3/h1,5H2. The molecule has 44 valence electrons. The van der Waals surface area contributed by atoms with Gasteiger partial charge < -0.3 is 5.73 Å². The Morgan fingerprint density at radius 1 is 1.62 bits per heavy atom. The van der Waals surface area contributed by atoms with Crippen molar-refractivity contribution in [2.24, 2.45) is 5.73 Å². The number of hydrogen-bond donors (Lipinski definition) is 1. The summed E-state index contributed by atoms with van der Waals surface area (Å²) >= 11 is 3.64. The second-order valence-corrected chi connectivity index (χ2v) is 3.97. The highest BCUT2D eigenvalue weighted by molar-refractivity contribution is 14.1. The van der Waals surface area contributed by atoms with Gasteiger partial charge in [0.1, 0.15) is 5.01 Å². The molecule has 0 aliphatic heterocycles. The van der Waals surface area contributed by atoms with E-state index in [1.54, 1.807) is 0 Å². The highest BCUT2D eigenvalue weighted by Crippen LogP contribution is 2.09. The maximum Gasteiger partial charge on any atom is 0.178 e. The summed E-state index contributed by atoms with van der Waals surface area (Å²) < 4.78 is 0.947. The molecule has 2 N–H and O–H groups in total. The molecular formula is C3H4IN3S. The topological polar surface area (TPSA) is 51.8 Å². The molecule has 0 spiro atoms. The molecule has 0 bridgehead atoms. The predicted octanol–water partition coefficient (Wildman–Crippen LogP) is 0.601. The minimum atomic E-state index is 0.501. The Balaban J connectivity index is 2.84. The third-order valence-electron chi connectivity index (χ3n) is 0.617. The van der Waals surface area contributed by atoms with Crippen LogP contribution in [0.15, 0.2) is 0 Å². The molecule has 5 heteroatoms. The van der Waals surface area contributed by atoms with E-state index in [1.807, 2.05) is 0 Å². The van der Waals surface area contributed by atoms with E-state index in [4.69, 9.17) is 5.73 Å². The lowest BCUT2D eigenvalue weighted by atomic mass is 10.7. The van der Waals surface area contributed by atoms with Crippen LogP contribution in [0.25, 0.3) is 0 Å². The van der Waals surface area contributed by atoms with E-state index in [0.29, 0.717) is 6.54 Å². The van der Waals surface area contributed by atoms with E-state index >= 15 is 0 Å². The van der Waals surface area contributed by atoms with Crippen LogP contribution in [0, 0.1) is 3.01 Å². The zero-order valence-electron chi connectivity index (χ0n) is 3.97. The van der Waals surface area contributed by atoms with Crippen molar-refractivity contribution in [1.82, 2.24) is 10.2 Å². The maximum absolute atomic E-state index is 5.27. The Morgan fingerprint density at radius 3 is 2.62 bits per heavy atom. The van der Waals surface area contributed by atoms with Gasteiger partial charge in [0.15, 0.2) is 3.01 Å². The zero-order valence-corrected chi connectivity index (χ0v) is 6.94. The fourth-order valence-electron chi connectivity index (χ4n) is 0.316. The largest absolute Gasteiger partial charge is 0.324 e. The molecule has 0 amide bonds. The molecule has 1 rings (SSSR count). The van der Waals surface area contributed by atoms with Crippen LogP contribution in [0.5, 0.6) is 0 Å². The van der Waals surface area contributed by atoms with E-state index in [1.165, 1.54) is 11.3 Å². The van der Waals surface area contributed by atoms with Gasteiger partial charge in [-0.15, -0.1) is 10.2 Å². The first-order valence-corrected chi connectivity index (χ1v) is 3.90. The number of rotatable bonds is 1. The van der Waals surface area contributed by atoms with Gasteiger partial charge in [-0.25, -0.2) is 0 Å². The van der Waals surface area contributed by atoms with Crippen molar-refractivity contribution in [2.45, 2.75) is 6.54 Å². The van der Waals surface area contributed by atoms with E-state index in [9.17, 15) is 0 Å². The van der Waals surface area contributed by atoms with Gasteiger partial charge >= 0.3 is 0 Å². The van der Waals surface area contributed by atoms with Crippen LogP contribution < -0.4 is 5.73 Å². The summed E-state index contributed by atoms with van der Waals surface area (Å²) in [6.45, 7) is 0.501. The fraction of sp³-hybridized carbons (Fsp3) is 0.333. The Morgan fingerprint density at radius 2 is 2.38 bits per heavy atom. The molecule has 0 aliphatic rings.